The standard InChI is InChI=1S/C28H26N4O3S/c1-18-8-10-20(11-9-18)24-16-23(19-12-14-22(35-2)15-13-19)31-32(24)28-30-27(34)25(36-28)17-26(33)29-21-6-4-3-5-7-21/h3-15,24-25H,16-17H2,1-2H3,(H,29,33)/t24-,25-/m0/s1. The van der Waals surface area contributed by atoms with E-state index in [0.29, 0.717) is 17.3 Å². The molecule has 0 fully saturated rings. The normalized spacial score (nSPS) is 19.2. The molecule has 0 aliphatic carbocycles. The van der Waals surface area contributed by atoms with E-state index in [1.54, 1.807) is 7.11 Å². The summed E-state index contributed by atoms with van der Waals surface area (Å²) in [4.78, 5) is 29.7. The zero-order valence-corrected chi connectivity index (χ0v) is 20.9. The van der Waals surface area contributed by atoms with Crippen LogP contribution in [0.15, 0.2) is 89.0 Å². The van der Waals surface area contributed by atoms with Crippen LogP contribution in [-0.2, 0) is 9.59 Å². The summed E-state index contributed by atoms with van der Waals surface area (Å²) < 4.78 is 5.29. The molecule has 0 saturated carbocycles. The number of amidine groups is 1. The Morgan fingerprint density at radius 1 is 1.06 bits per heavy atom. The molecule has 2 atom stereocenters. The van der Waals surface area contributed by atoms with E-state index >= 15 is 0 Å². The van der Waals surface area contributed by atoms with E-state index in [-0.39, 0.29) is 24.3 Å². The summed E-state index contributed by atoms with van der Waals surface area (Å²) in [7, 11) is 1.64. The molecule has 2 aliphatic rings. The predicted octanol–water partition coefficient (Wildman–Crippen LogP) is 5.18. The van der Waals surface area contributed by atoms with Crippen LogP contribution in [0.25, 0.3) is 0 Å². The zero-order valence-electron chi connectivity index (χ0n) is 20.0. The number of nitrogens with zero attached hydrogens (tertiary/aromatic N) is 3. The number of carbonyl (C=O) groups excluding carboxylic acids is 2. The Hall–Kier alpha value is -3.91. The van der Waals surface area contributed by atoms with Crippen molar-refractivity contribution in [3.8, 4) is 5.75 Å². The number of amides is 2. The van der Waals surface area contributed by atoms with Crippen LogP contribution in [0, 0.1) is 6.92 Å². The fourth-order valence-electron chi connectivity index (χ4n) is 4.20. The fourth-order valence-corrected chi connectivity index (χ4v) is 5.26. The number of para-hydroxylation sites is 1. The number of benzene rings is 3. The third kappa shape index (κ3) is 5.18. The van der Waals surface area contributed by atoms with E-state index in [9.17, 15) is 9.59 Å². The summed E-state index contributed by atoms with van der Waals surface area (Å²) >= 11 is 1.30. The maximum absolute atomic E-state index is 12.8. The van der Waals surface area contributed by atoms with Crippen molar-refractivity contribution in [2.75, 3.05) is 12.4 Å². The molecule has 182 valence electrons. The number of aliphatic imine (C=N–C) groups is 1. The zero-order chi connectivity index (χ0) is 25.1. The monoisotopic (exact) mass is 498 g/mol. The molecule has 5 rings (SSSR count). The second-order valence-electron chi connectivity index (χ2n) is 8.71. The van der Waals surface area contributed by atoms with Crippen LogP contribution in [0.4, 0.5) is 5.69 Å². The van der Waals surface area contributed by atoms with Crippen LogP contribution in [0.2, 0.25) is 0 Å². The molecule has 2 heterocycles. The number of aryl methyl sites for hydroxylation is 1. The Kier molecular flexibility index (Phi) is 6.86. The summed E-state index contributed by atoms with van der Waals surface area (Å²) in [5.41, 5.74) is 4.86. The molecule has 2 amide bonds. The van der Waals surface area contributed by atoms with Crippen LogP contribution in [-0.4, -0.2) is 40.1 Å². The van der Waals surface area contributed by atoms with Crippen LogP contribution >= 0.6 is 11.8 Å². The third-order valence-electron chi connectivity index (χ3n) is 6.15. The SMILES string of the molecule is COc1ccc(C2=NN(C3=NC(=O)[C@H](CC(=O)Nc4ccccc4)S3)[C@H](c3ccc(C)cc3)C2)cc1. The Morgan fingerprint density at radius 2 is 1.78 bits per heavy atom. The number of carbonyl (C=O) groups is 2. The van der Waals surface area contributed by atoms with E-state index in [0.717, 1.165) is 22.6 Å². The van der Waals surface area contributed by atoms with Gasteiger partial charge in [0.15, 0.2) is 5.17 Å². The van der Waals surface area contributed by atoms with Crippen molar-refractivity contribution in [2.24, 2.45) is 10.1 Å². The highest BCUT2D eigenvalue weighted by Crippen LogP contribution is 2.38. The van der Waals surface area contributed by atoms with Crippen molar-refractivity contribution in [3.05, 3.63) is 95.6 Å². The minimum Gasteiger partial charge on any atom is -0.497 e. The average molecular weight is 499 g/mol. The molecule has 0 aromatic heterocycles. The molecular weight excluding hydrogens is 472 g/mol. The van der Waals surface area contributed by atoms with Gasteiger partial charge >= 0.3 is 0 Å². The maximum atomic E-state index is 12.8. The van der Waals surface area contributed by atoms with Gasteiger partial charge in [0.25, 0.3) is 5.91 Å². The van der Waals surface area contributed by atoms with Crippen molar-refractivity contribution < 1.29 is 14.3 Å². The minimum atomic E-state index is -0.581. The largest absolute Gasteiger partial charge is 0.497 e. The summed E-state index contributed by atoms with van der Waals surface area (Å²) in [5, 5.41) is 9.52. The van der Waals surface area contributed by atoms with Gasteiger partial charge < -0.3 is 10.1 Å². The minimum absolute atomic E-state index is 0.0451. The summed E-state index contributed by atoms with van der Waals surface area (Å²) in [6.45, 7) is 2.05. The Balaban J connectivity index is 1.36. The molecule has 8 heteroatoms. The Morgan fingerprint density at radius 3 is 2.47 bits per heavy atom. The van der Waals surface area contributed by atoms with Gasteiger partial charge in [-0.25, -0.2) is 5.01 Å². The van der Waals surface area contributed by atoms with Crippen LogP contribution in [0.3, 0.4) is 0 Å². The van der Waals surface area contributed by atoms with Gasteiger partial charge in [-0.05, 0) is 54.4 Å². The van der Waals surface area contributed by atoms with Crippen LogP contribution in [0.5, 0.6) is 5.75 Å². The predicted molar refractivity (Wildman–Crippen MR) is 143 cm³/mol. The quantitative estimate of drug-likeness (QED) is 0.506. The van der Waals surface area contributed by atoms with E-state index in [1.165, 1.54) is 17.3 Å². The highest BCUT2D eigenvalue weighted by atomic mass is 32.2. The molecule has 3 aromatic carbocycles. The van der Waals surface area contributed by atoms with Crippen molar-refractivity contribution in [3.63, 3.8) is 0 Å². The van der Waals surface area contributed by atoms with Gasteiger partial charge in [0.05, 0.1) is 18.9 Å². The number of hydrogen-bond donors (Lipinski definition) is 1. The lowest BCUT2D eigenvalue weighted by molar-refractivity contribution is -0.121. The average Bonchev–Trinajstić information content (AvgIpc) is 3.49. The van der Waals surface area contributed by atoms with Gasteiger partial charge in [-0.3, -0.25) is 9.59 Å². The molecule has 3 aromatic rings. The van der Waals surface area contributed by atoms with E-state index in [4.69, 9.17) is 9.84 Å². The number of rotatable bonds is 6. The molecule has 0 saturated heterocycles. The third-order valence-corrected chi connectivity index (χ3v) is 7.29. The molecule has 0 bridgehead atoms. The number of thioether (sulfide) groups is 1. The molecule has 2 aliphatic heterocycles. The first-order chi connectivity index (χ1) is 17.5. The second kappa shape index (κ2) is 10.4. The summed E-state index contributed by atoms with van der Waals surface area (Å²) in [6, 6.07) is 25.2. The number of methoxy groups -OCH3 is 1. The van der Waals surface area contributed by atoms with Gasteiger partial charge in [0.1, 0.15) is 11.0 Å². The van der Waals surface area contributed by atoms with Crippen molar-refractivity contribution in [2.45, 2.75) is 31.1 Å². The van der Waals surface area contributed by atoms with Gasteiger partial charge in [-0.15, -0.1) is 0 Å². The number of nitrogens with one attached hydrogen (secondary N) is 1. The number of anilines is 1. The molecule has 0 spiro atoms. The molecular formula is C28H26N4O3S. The number of hydrazone groups is 1. The number of ether oxygens (including phenoxy) is 1. The van der Waals surface area contributed by atoms with Gasteiger partial charge in [-0.1, -0.05) is 59.8 Å². The molecule has 1 N–H and O–H groups in total. The van der Waals surface area contributed by atoms with Crippen LogP contribution < -0.4 is 10.1 Å². The van der Waals surface area contributed by atoms with Crippen LogP contribution in [0.1, 0.15) is 35.6 Å². The first-order valence-corrected chi connectivity index (χ1v) is 12.6. The lowest BCUT2D eigenvalue weighted by Gasteiger charge is -2.23. The second-order valence-corrected chi connectivity index (χ2v) is 9.88. The highest BCUT2D eigenvalue weighted by molar-refractivity contribution is 8.15. The number of hydrogen-bond acceptors (Lipinski definition) is 6. The molecule has 0 radical (unpaired) electrons. The van der Waals surface area contributed by atoms with Gasteiger partial charge in [-0.2, -0.15) is 10.1 Å². The first-order valence-electron chi connectivity index (χ1n) is 11.7. The van der Waals surface area contributed by atoms with Gasteiger partial charge in [0.2, 0.25) is 5.91 Å². The maximum Gasteiger partial charge on any atom is 0.262 e. The lowest BCUT2D eigenvalue weighted by atomic mass is 9.98. The van der Waals surface area contributed by atoms with Crippen molar-refractivity contribution >= 4 is 40.1 Å². The summed E-state index contributed by atoms with van der Waals surface area (Å²) in [6.07, 6.45) is 0.714. The first kappa shape index (κ1) is 23.8. The lowest BCUT2D eigenvalue weighted by Crippen LogP contribution is -2.25. The highest BCUT2D eigenvalue weighted by Gasteiger charge is 2.39. The Bertz CT molecular complexity index is 1320. The van der Waals surface area contributed by atoms with Gasteiger partial charge in [0, 0.05) is 18.5 Å². The Labute approximate surface area is 214 Å². The summed E-state index contributed by atoms with van der Waals surface area (Å²) in [5.74, 6) is 0.249. The van der Waals surface area contributed by atoms with E-state index < -0.39 is 5.25 Å². The smallest absolute Gasteiger partial charge is 0.262 e. The topological polar surface area (TPSA) is 83.4 Å². The molecule has 7 nitrogen and oxygen atoms in total. The fraction of sp³-hybridized carbons (Fsp3) is 0.214. The van der Waals surface area contributed by atoms with Crippen molar-refractivity contribution in [1.82, 2.24) is 5.01 Å². The molecule has 0 unspecified atom stereocenters. The van der Waals surface area contributed by atoms with Crippen molar-refractivity contribution in [1.29, 1.82) is 0 Å². The van der Waals surface area contributed by atoms with E-state index in [1.807, 2.05) is 59.6 Å². The molecule has 36 heavy (non-hydrogen) atoms. The van der Waals surface area contributed by atoms with E-state index in [2.05, 4.69) is 41.5 Å².